The summed E-state index contributed by atoms with van der Waals surface area (Å²) in [6, 6.07) is 6.14. The van der Waals surface area contributed by atoms with Gasteiger partial charge in [-0.25, -0.2) is 0 Å². The van der Waals surface area contributed by atoms with Gasteiger partial charge >= 0.3 is 0 Å². The van der Waals surface area contributed by atoms with Crippen molar-refractivity contribution in [1.82, 2.24) is 0 Å². The van der Waals surface area contributed by atoms with Crippen LogP contribution in [0.5, 0.6) is 0 Å². The summed E-state index contributed by atoms with van der Waals surface area (Å²) in [4.78, 5) is 0. The Morgan fingerprint density at radius 1 is 1.31 bits per heavy atom. The lowest BCUT2D eigenvalue weighted by molar-refractivity contribution is 0.411. The highest BCUT2D eigenvalue weighted by Crippen LogP contribution is 2.27. The standard InChI is InChI=1S/C11H14BrCl/c1-11(2,3)7-8-4-5-9(12)10(13)6-8/h4-6H,7H2,1-3H3. The molecule has 0 radical (unpaired) electrons. The van der Waals surface area contributed by atoms with Crippen LogP contribution < -0.4 is 0 Å². The van der Waals surface area contributed by atoms with E-state index < -0.39 is 0 Å². The van der Waals surface area contributed by atoms with Crippen LogP contribution in [0.15, 0.2) is 22.7 Å². The molecule has 1 aromatic carbocycles. The minimum atomic E-state index is 0.317. The highest BCUT2D eigenvalue weighted by atomic mass is 79.9. The Balaban J connectivity index is 2.86. The van der Waals surface area contributed by atoms with Crippen molar-refractivity contribution in [2.24, 2.45) is 5.41 Å². The molecule has 1 aromatic rings. The molecule has 13 heavy (non-hydrogen) atoms. The van der Waals surface area contributed by atoms with Crippen molar-refractivity contribution in [3.63, 3.8) is 0 Å². The van der Waals surface area contributed by atoms with Gasteiger partial charge in [0.2, 0.25) is 0 Å². The number of benzene rings is 1. The van der Waals surface area contributed by atoms with Gasteiger partial charge in [0.1, 0.15) is 0 Å². The number of rotatable bonds is 1. The van der Waals surface area contributed by atoms with E-state index in [-0.39, 0.29) is 0 Å². The van der Waals surface area contributed by atoms with Crippen LogP contribution >= 0.6 is 27.5 Å². The molecule has 0 saturated carbocycles. The molecular formula is C11H14BrCl. The summed E-state index contributed by atoms with van der Waals surface area (Å²) in [6.45, 7) is 6.68. The van der Waals surface area contributed by atoms with E-state index in [9.17, 15) is 0 Å². The van der Waals surface area contributed by atoms with Crippen LogP contribution in [-0.2, 0) is 6.42 Å². The summed E-state index contributed by atoms with van der Waals surface area (Å²) in [7, 11) is 0. The maximum absolute atomic E-state index is 6.00. The lowest BCUT2D eigenvalue weighted by Crippen LogP contribution is -2.08. The second-order valence-electron chi connectivity index (χ2n) is 4.49. The molecular weight excluding hydrogens is 247 g/mol. The SMILES string of the molecule is CC(C)(C)Cc1ccc(Br)c(Cl)c1. The maximum Gasteiger partial charge on any atom is 0.0550 e. The van der Waals surface area contributed by atoms with Gasteiger partial charge in [-0.3, -0.25) is 0 Å². The van der Waals surface area contributed by atoms with Crippen molar-refractivity contribution in [1.29, 1.82) is 0 Å². The third kappa shape index (κ3) is 3.70. The van der Waals surface area contributed by atoms with Crippen LogP contribution in [0.1, 0.15) is 26.3 Å². The lowest BCUT2D eigenvalue weighted by Gasteiger charge is -2.18. The van der Waals surface area contributed by atoms with Gasteiger partial charge in [0.25, 0.3) is 0 Å². The lowest BCUT2D eigenvalue weighted by atomic mass is 9.88. The largest absolute Gasteiger partial charge is 0.0831 e. The van der Waals surface area contributed by atoms with E-state index in [0.717, 1.165) is 15.9 Å². The molecule has 0 unspecified atom stereocenters. The Morgan fingerprint density at radius 2 is 1.92 bits per heavy atom. The van der Waals surface area contributed by atoms with Gasteiger partial charge in [-0.2, -0.15) is 0 Å². The van der Waals surface area contributed by atoms with E-state index in [0.29, 0.717) is 5.41 Å². The van der Waals surface area contributed by atoms with Crippen LogP contribution in [0.2, 0.25) is 5.02 Å². The molecule has 0 atom stereocenters. The Kier molecular flexibility index (Phi) is 3.42. The molecule has 0 aliphatic rings. The van der Waals surface area contributed by atoms with Crippen molar-refractivity contribution >= 4 is 27.5 Å². The fraction of sp³-hybridized carbons (Fsp3) is 0.455. The summed E-state index contributed by atoms with van der Waals surface area (Å²) in [6.07, 6.45) is 1.06. The molecule has 0 spiro atoms. The second kappa shape index (κ2) is 4.02. The van der Waals surface area contributed by atoms with Gasteiger partial charge in [-0.1, -0.05) is 38.4 Å². The molecule has 0 aromatic heterocycles. The Labute approximate surface area is 93.4 Å². The molecule has 1 rings (SSSR count). The summed E-state index contributed by atoms with van der Waals surface area (Å²) in [5.74, 6) is 0. The first-order valence-corrected chi connectivity index (χ1v) is 5.49. The van der Waals surface area contributed by atoms with E-state index in [1.165, 1.54) is 5.56 Å². The average molecular weight is 262 g/mol. The Hall–Kier alpha value is -0.0100. The minimum absolute atomic E-state index is 0.317. The van der Waals surface area contributed by atoms with Gasteiger partial charge in [0, 0.05) is 4.47 Å². The van der Waals surface area contributed by atoms with Crippen molar-refractivity contribution in [2.75, 3.05) is 0 Å². The predicted molar refractivity (Wildman–Crippen MR) is 62.3 cm³/mol. The van der Waals surface area contributed by atoms with Gasteiger partial charge in [0.05, 0.1) is 5.02 Å². The molecule has 72 valence electrons. The molecule has 0 heterocycles. The normalized spacial score (nSPS) is 11.8. The summed E-state index contributed by atoms with van der Waals surface area (Å²) < 4.78 is 0.965. The van der Waals surface area contributed by atoms with E-state index in [2.05, 4.69) is 42.8 Å². The predicted octanol–water partition coefficient (Wildman–Crippen LogP) is 4.69. The quantitative estimate of drug-likeness (QED) is 0.688. The van der Waals surface area contributed by atoms with Gasteiger partial charge in [0.15, 0.2) is 0 Å². The first-order chi connectivity index (χ1) is 5.88. The molecule has 0 fully saturated rings. The maximum atomic E-state index is 6.00. The second-order valence-corrected chi connectivity index (χ2v) is 5.75. The van der Waals surface area contributed by atoms with Crippen molar-refractivity contribution in [2.45, 2.75) is 27.2 Å². The summed E-state index contributed by atoms with van der Waals surface area (Å²) in [5.41, 5.74) is 1.61. The van der Waals surface area contributed by atoms with E-state index in [1.807, 2.05) is 12.1 Å². The highest BCUT2D eigenvalue weighted by Gasteiger charge is 2.11. The monoisotopic (exact) mass is 260 g/mol. The topological polar surface area (TPSA) is 0 Å². The first kappa shape index (κ1) is 11.1. The Bertz CT molecular complexity index is 299. The van der Waals surface area contributed by atoms with Crippen LogP contribution in [-0.4, -0.2) is 0 Å². The average Bonchev–Trinajstić information content (AvgIpc) is 1.94. The zero-order valence-corrected chi connectivity index (χ0v) is 10.5. The zero-order valence-electron chi connectivity index (χ0n) is 8.20. The molecule has 0 nitrogen and oxygen atoms in total. The third-order valence-electron chi connectivity index (χ3n) is 1.72. The molecule has 0 amide bonds. The van der Waals surface area contributed by atoms with Gasteiger partial charge < -0.3 is 0 Å². The molecule has 2 heteroatoms. The van der Waals surface area contributed by atoms with Gasteiger partial charge in [-0.15, -0.1) is 0 Å². The van der Waals surface area contributed by atoms with Crippen molar-refractivity contribution in [3.05, 3.63) is 33.3 Å². The molecule has 0 N–H and O–H groups in total. The van der Waals surface area contributed by atoms with Crippen LogP contribution in [0, 0.1) is 5.41 Å². The zero-order chi connectivity index (χ0) is 10.1. The molecule has 0 saturated heterocycles. The fourth-order valence-corrected chi connectivity index (χ4v) is 1.71. The highest BCUT2D eigenvalue weighted by molar-refractivity contribution is 9.10. The number of hydrogen-bond donors (Lipinski definition) is 0. The molecule has 0 aliphatic carbocycles. The van der Waals surface area contributed by atoms with Crippen molar-refractivity contribution < 1.29 is 0 Å². The third-order valence-corrected chi connectivity index (χ3v) is 2.95. The van der Waals surface area contributed by atoms with Crippen LogP contribution in [0.3, 0.4) is 0 Å². The fourth-order valence-electron chi connectivity index (χ4n) is 1.26. The molecule has 0 bridgehead atoms. The minimum Gasteiger partial charge on any atom is -0.0831 e. The molecule has 0 aliphatic heterocycles. The van der Waals surface area contributed by atoms with E-state index in [1.54, 1.807) is 0 Å². The van der Waals surface area contributed by atoms with Crippen LogP contribution in [0.4, 0.5) is 0 Å². The van der Waals surface area contributed by atoms with E-state index >= 15 is 0 Å². The number of halogens is 2. The van der Waals surface area contributed by atoms with E-state index in [4.69, 9.17) is 11.6 Å². The van der Waals surface area contributed by atoms with Gasteiger partial charge in [-0.05, 0) is 45.5 Å². The number of hydrogen-bond acceptors (Lipinski definition) is 0. The summed E-state index contributed by atoms with van der Waals surface area (Å²) >= 11 is 9.37. The first-order valence-electron chi connectivity index (χ1n) is 4.32. The smallest absolute Gasteiger partial charge is 0.0550 e. The summed E-state index contributed by atoms with van der Waals surface area (Å²) in [5, 5.41) is 0.793. The Morgan fingerprint density at radius 3 is 2.38 bits per heavy atom. The van der Waals surface area contributed by atoms with Crippen molar-refractivity contribution in [3.8, 4) is 0 Å². The van der Waals surface area contributed by atoms with Crippen LogP contribution in [0.25, 0.3) is 0 Å².